The Hall–Kier alpha value is -1.77. The van der Waals surface area contributed by atoms with Crippen LogP contribution in [0, 0.1) is 17.3 Å². The highest BCUT2D eigenvalue weighted by Crippen LogP contribution is 2.64. The minimum atomic E-state index is -0.162. The number of rotatable bonds is 5. The number of Topliss-reactive ketones (excluding diaryl/α,β-unsaturated/α-hetero) is 1. The number of benzene rings is 1. The molecule has 3 aliphatic rings. The molecule has 1 unspecified atom stereocenters. The van der Waals surface area contributed by atoms with Gasteiger partial charge in [0.2, 0.25) is 0 Å². The Kier molecular flexibility index (Phi) is 4.25. The van der Waals surface area contributed by atoms with E-state index >= 15 is 0 Å². The predicted octanol–water partition coefficient (Wildman–Crippen LogP) is 5.06. The molecule has 3 atom stereocenters. The summed E-state index contributed by atoms with van der Waals surface area (Å²) in [5.41, 5.74) is 1.28. The highest BCUT2D eigenvalue weighted by atomic mass is 16.3. The summed E-state index contributed by atoms with van der Waals surface area (Å²) in [5.74, 6) is 0.924. The molecule has 0 heterocycles. The number of fused-ring (bicyclic) bond motifs is 2. The number of hydrogen-bond donors (Lipinski definition) is 2. The summed E-state index contributed by atoms with van der Waals surface area (Å²) in [4.78, 5) is 12.4. The van der Waals surface area contributed by atoms with Crippen molar-refractivity contribution in [3.05, 3.63) is 35.9 Å². The van der Waals surface area contributed by atoms with E-state index in [1.807, 2.05) is 6.08 Å². The average molecular weight is 342 g/mol. The van der Waals surface area contributed by atoms with Gasteiger partial charge in [0.25, 0.3) is 0 Å². The Morgan fingerprint density at radius 2 is 1.88 bits per heavy atom. The summed E-state index contributed by atoms with van der Waals surface area (Å²) < 4.78 is 0. The lowest BCUT2D eigenvalue weighted by Crippen LogP contribution is -2.56. The van der Waals surface area contributed by atoms with Gasteiger partial charge in [-0.15, -0.1) is 6.58 Å². The Labute approximate surface area is 150 Å². The number of ketones is 1. The maximum Gasteiger partial charge on any atom is 0.137 e. The fraction of sp³-hybridized carbons (Fsp3) is 0.591. The van der Waals surface area contributed by atoms with Gasteiger partial charge in [-0.1, -0.05) is 33.8 Å². The summed E-state index contributed by atoms with van der Waals surface area (Å²) in [5, 5.41) is 21.4. The van der Waals surface area contributed by atoms with Crippen LogP contribution >= 0.6 is 0 Å². The van der Waals surface area contributed by atoms with Crippen LogP contribution in [0.2, 0.25) is 0 Å². The maximum absolute atomic E-state index is 12.4. The van der Waals surface area contributed by atoms with Crippen molar-refractivity contribution in [2.45, 2.75) is 64.7 Å². The summed E-state index contributed by atoms with van der Waals surface area (Å²) in [7, 11) is 0. The summed E-state index contributed by atoms with van der Waals surface area (Å²) >= 11 is 0. The van der Waals surface area contributed by atoms with Crippen molar-refractivity contribution in [1.29, 1.82) is 0 Å². The zero-order chi connectivity index (χ0) is 18.6. The summed E-state index contributed by atoms with van der Waals surface area (Å²) in [6, 6.07) is 3.56. The van der Waals surface area contributed by atoms with Crippen LogP contribution in [0.4, 0.5) is 0 Å². The SMILES string of the molecule is C=CCCC(C)(C)c1cc(O)c(C2CC(=O)[C@H]3C[C@@H]2C3(C)C)c(O)c1. The van der Waals surface area contributed by atoms with Crippen LogP contribution in [-0.4, -0.2) is 16.0 Å². The van der Waals surface area contributed by atoms with Gasteiger partial charge in [-0.05, 0) is 53.7 Å². The van der Waals surface area contributed by atoms with E-state index in [-0.39, 0.29) is 39.9 Å². The van der Waals surface area contributed by atoms with Crippen LogP contribution in [-0.2, 0) is 10.2 Å². The number of phenolic OH excluding ortho intramolecular Hbond substituents is 2. The molecule has 3 aliphatic carbocycles. The Morgan fingerprint density at radius 1 is 1.28 bits per heavy atom. The molecule has 0 aliphatic heterocycles. The van der Waals surface area contributed by atoms with Gasteiger partial charge in [0.05, 0.1) is 0 Å². The smallest absolute Gasteiger partial charge is 0.137 e. The number of carbonyl (C=O) groups excluding carboxylic acids is 1. The van der Waals surface area contributed by atoms with Crippen LogP contribution in [0.5, 0.6) is 11.5 Å². The zero-order valence-corrected chi connectivity index (χ0v) is 15.8. The molecule has 0 amide bonds. The van der Waals surface area contributed by atoms with Gasteiger partial charge in [0.1, 0.15) is 17.3 Å². The van der Waals surface area contributed by atoms with Gasteiger partial charge in [0, 0.05) is 23.8 Å². The first-order valence-corrected chi connectivity index (χ1v) is 9.29. The largest absolute Gasteiger partial charge is 0.508 e. The van der Waals surface area contributed by atoms with Crippen molar-refractivity contribution < 1.29 is 15.0 Å². The minimum Gasteiger partial charge on any atom is -0.508 e. The van der Waals surface area contributed by atoms with Crippen molar-refractivity contribution in [3.63, 3.8) is 0 Å². The number of carbonyl (C=O) groups is 1. The molecular formula is C22H30O3. The predicted molar refractivity (Wildman–Crippen MR) is 100.0 cm³/mol. The molecule has 3 heteroatoms. The minimum absolute atomic E-state index is 0.0409. The lowest BCUT2D eigenvalue weighted by atomic mass is 9.44. The van der Waals surface area contributed by atoms with Crippen molar-refractivity contribution >= 4 is 5.78 Å². The third-order valence-corrected chi connectivity index (χ3v) is 6.90. The molecule has 0 saturated heterocycles. The number of hydrogen-bond acceptors (Lipinski definition) is 3. The Morgan fingerprint density at radius 3 is 2.36 bits per heavy atom. The monoisotopic (exact) mass is 342 g/mol. The average Bonchev–Trinajstić information content (AvgIpc) is 2.51. The van der Waals surface area contributed by atoms with Gasteiger partial charge in [-0.3, -0.25) is 4.79 Å². The number of phenols is 2. The van der Waals surface area contributed by atoms with E-state index in [9.17, 15) is 15.0 Å². The topological polar surface area (TPSA) is 57.5 Å². The molecule has 3 saturated carbocycles. The van der Waals surface area contributed by atoms with Gasteiger partial charge in [0.15, 0.2) is 0 Å². The number of aromatic hydroxyl groups is 2. The second-order valence-electron chi connectivity index (χ2n) is 9.13. The van der Waals surface area contributed by atoms with Gasteiger partial charge in [-0.25, -0.2) is 0 Å². The molecule has 0 aromatic heterocycles. The van der Waals surface area contributed by atoms with E-state index in [0.717, 1.165) is 24.8 Å². The molecule has 136 valence electrons. The van der Waals surface area contributed by atoms with Crippen molar-refractivity contribution in [1.82, 2.24) is 0 Å². The summed E-state index contributed by atoms with van der Waals surface area (Å²) in [6.45, 7) is 12.3. The van der Waals surface area contributed by atoms with Gasteiger partial charge >= 0.3 is 0 Å². The molecule has 0 radical (unpaired) electrons. The molecule has 4 rings (SSSR count). The first-order valence-electron chi connectivity index (χ1n) is 9.29. The third-order valence-electron chi connectivity index (χ3n) is 6.90. The standard InChI is InChI=1S/C22H30O3/c1-6-7-8-21(2,3)13-9-18(24)20(19(25)10-13)14-11-17(23)16-12-15(14)22(16,4)5/h6,9-10,14-16,24-25H,1,7-8,11-12H2,2-5H3/t14?,15-,16+/m0/s1. The first kappa shape index (κ1) is 18.0. The highest BCUT2D eigenvalue weighted by molar-refractivity contribution is 5.86. The van der Waals surface area contributed by atoms with Crippen LogP contribution in [0.25, 0.3) is 0 Å². The molecule has 25 heavy (non-hydrogen) atoms. The van der Waals surface area contributed by atoms with E-state index in [2.05, 4.69) is 34.3 Å². The lowest BCUT2D eigenvalue weighted by molar-refractivity contribution is -0.151. The molecule has 1 aromatic carbocycles. The van der Waals surface area contributed by atoms with Crippen molar-refractivity contribution in [3.8, 4) is 11.5 Å². The van der Waals surface area contributed by atoms with E-state index in [4.69, 9.17) is 0 Å². The van der Waals surface area contributed by atoms with Gasteiger partial charge < -0.3 is 10.2 Å². The molecule has 3 nitrogen and oxygen atoms in total. The van der Waals surface area contributed by atoms with E-state index in [0.29, 0.717) is 17.9 Å². The third kappa shape index (κ3) is 2.78. The fourth-order valence-electron chi connectivity index (χ4n) is 4.99. The van der Waals surface area contributed by atoms with Crippen LogP contribution in [0.1, 0.15) is 70.4 Å². The fourth-order valence-corrected chi connectivity index (χ4v) is 4.99. The molecule has 1 aromatic rings. The quantitative estimate of drug-likeness (QED) is 0.735. The molecule has 0 spiro atoms. The molecular weight excluding hydrogens is 312 g/mol. The highest BCUT2D eigenvalue weighted by Gasteiger charge is 2.59. The van der Waals surface area contributed by atoms with Crippen molar-refractivity contribution in [2.24, 2.45) is 17.3 Å². The molecule has 3 fully saturated rings. The van der Waals surface area contributed by atoms with Crippen molar-refractivity contribution in [2.75, 3.05) is 0 Å². The second-order valence-corrected chi connectivity index (χ2v) is 9.13. The molecule has 2 bridgehead atoms. The maximum atomic E-state index is 12.4. The van der Waals surface area contributed by atoms with E-state index < -0.39 is 0 Å². The van der Waals surface area contributed by atoms with Crippen LogP contribution < -0.4 is 0 Å². The molecule has 2 N–H and O–H groups in total. The summed E-state index contributed by atoms with van der Waals surface area (Å²) in [6.07, 6.45) is 4.97. The van der Waals surface area contributed by atoms with E-state index in [1.165, 1.54) is 0 Å². The van der Waals surface area contributed by atoms with Crippen LogP contribution in [0.15, 0.2) is 24.8 Å². The second kappa shape index (κ2) is 5.89. The normalized spacial score (nSPS) is 27.7. The van der Waals surface area contributed by atoms with E-state index in [1.54, 1.807) is 12.1 Å². The first-order chi connectivity index (χ1) is 11.6. The van der Waals surface area contributed by atoms with Gasteiger partial charge in [-0.2, -0.15) is 0 Å². The lowest BCUT2D eigenvalue weighted by Gasteiger charge is -2.59. The zero-order valence-electron chi connectivity index (χ0n) is 15.8. The van der Waals surface area contributed by atoms with Crippen LogP contribution in [0.3, 0.4) is 0 Å². The Balaban J connectivity index is 1.96. The number of allylic oxidation sites excluding steroid dienone is 1. The Bertz CT molecular complexity index is 691.